The number of aliphatic hydroxyl groups excluding tert-OH is 1. The molecule has 4 aromatic rings. The largest absolute Gasteiger partial charge is 0.476 e. The Kier molecular flexibility index (Phi) is 10.9. The van der Waals surface area contributed by atoms with E-state index in [0.717, 1.165) is 31.1 Å². The third-order valence-electron chi connectivity index (χ3n) is 8.87. The number of nitrogens with zero attached hydrogens (tertiary/aromatic N) is 4. The molecule has 0 spiro atoms. The standard InChI is InChI=1S/C34H45N6O9P/c1-21(2)18-24-31(42)46-17-10-6-4-5-9-16-45-30-27-29(37-33(35)38-30)40(20-36-27)32-34(3,43)28(41)26(48-32)19-47-50(44,39-24)49-25-15-11-13-22-12-7-8-14-23(22)25/h7-8,11-15,20-21,24,26,28,32,41,43H,4-6,9-10,16-19H2,1-3H3,(H,39,44)(H2,35,37,38). The minimum absolute atomic E-state index is 0.0195. The summed E-state index contributed by atoms with van der Waals surface area (Å²) in [5.74, 6) is -0.179. The molecule has 2 aromatic heterocycles. The third kappa shape index (κ3) is 7.88. The third-order valence-corrected chi connectivity index (χ3v) is 10.4. The molecule has 2 aliphatic rings. The lowest BCUT2D eigenvalue weighted by molar-refractivity contribution is -0.146. The fourth-order valence-corrected chi connectivity index (χ4v) is 7.80. The lowest BCUT2D eigenvalue weighted by Gasteiger charge is -2.28. The van der Waals surface area contributed by atoms with Crippen molar-refractivity contribution in [3.63, 3.8) is 0 Å². The van der Waals surface area contributed by atoms with E-state index in [1.54, 1.807) is 12.1 Å². The molecule has 2 aromatic carbocycles. The highest BCUT2D eigenvalue weighted by molar-refractivity contribution is 7.52. The van der Waals surface area contributed by atoms with Gasteiger partial charge in [0.25, 0.3) is 0 Å². The summed E-state index contributed by atoms with van der Waals surface area (Å²) >= 11 is 0. The summed E-state index contributed by atoms with van der Waals surface area (Å²) in [7, 11) is -4.41. The van der Waals surface area contributed by atoms with E-state index < -0.39 is 50.4 Å². The van der Waals surface area contributed by atoms with Gasteiger partial charge in [-0.05, 0) is 43.6 Å². The summed E-state index contributed by atoms with van der Waals surface area (Å²) < 4.78 is 46.1. The van der Waals surface area contributed by atoms with Crippen molar-refractivity contribution in [2.75, 3.05) is 25.6 Å². The molecule has 0 saturated carbocycles. The van der Waals surface area contributed by atoms with Gasteiger partial charge in [-0.2, -0.15) is 15.1 Å². The molecule has 0 radical (unpaired) electrons. The van der Waals surface area contributed by atoms with Crippen molar-refractivity contribution >= 4 is 41.6 Å². The first-order chi connectivity index (χ1) is 23.9. The van der Waals surface area contributed by atoms with Crippen LogP contribution in [0.15, 0.2) is 48.8 Å². The molecule has 50 heavy (non-hydrogen) atoms. The average Bonchev–Trinajstić information content (AvgIpc) is 3.58. The Balaban J connectivity index is 1.35. The predicted octanol–water partition coefficient (Wildman–Crippen LogP) is 4.67. The topological polar surface area (TPSA) is 202 Å². The minimum Gasteiger partial charge on any atom is -0.476 e. The number of nitrogens with two attached hydrogens (primary N) is 1. The Hall–Kier alpha value is -3.85. The zero-order valence-corrected chi connectivity index (χ0v) is 29.3. The highest BCUT2D eigenvalue weighted by Crippen LogP contribution is 2.49. The van der Waals surface area contributed by atoms with Crippen LogP contribution in [0.25, 0.3) is 21.9 Å². The van der Waals surface area contributed by atoms with E-state index in [1.165, 1.54) is 17.8 Å². The number of nitrogens with one attached hydrogen (secondary N) is 1. The van der Waals surface area contributed by atoms with E-state index in [9.17, 15) is 19.6 Å². The van der Waals surface area contributed by atoms with Gasteiger partial charge in [-0.25, -0.2) is 9.55 Å². The van der Waals surface area contributed by atoms with Gasteiger partial charge in [0.05, 0.1) is 26.1 Å². The number of imidazole rings is 1. The van der Waals surface area contributed by atoms with E-state index in [-0.39, 0.29) is 42.2 Å². The maximum absolute atomic E-state index is 14.7. The van der Waals surface area contributed by atoms with Gasteiger partial charge in [0.1, 0.15) is 29.6 Å². The highest BCUT2D eigenvalue weighted by atomic mass is 31.2. The maximum Gasteiger partial charge on any atom is 0.459 e. The smallest absolute Gasteiger partial charge is 0.459 e. The van der Waals surface area contributed by atoms with Gasteiger partial charge in [-0.15, -0.1) is 0 Å². The van der Waals surface area contributed by atoms with Crippen molar-refractivity contribution in [2.45, 2.75) is 89.4 Å². The Bertz CT molecular complexity index is 1850. The van der Waals surface area contributed by atoms with Crippen LogP contribution in [0.4, 0.5) is 5.95 Å². The fraction of sp³-hybridized carbons (Fsp3) is 0.529. The second-order valence-corrected chi connectivity index (χ2v) is 15.1. The Morgan fingerprint density at radius 3 is 2.58 bits per heavy atom. The number of hydrogen-bond donors (Lipinski definition) is 4. The number of aliphatic hydroxyl groups is 2. The summed E-state index contributed by atoms with van der Waals surface area (Å²) in [5, 5.41) is 27.3. The molecule has 16 heteroatoms. The first-order valence-corrected chi connectivity index (χ1v) is 18.5. The van der Waals surface area contributed by atoms with Gasteiger partial charge in [-0.3, -0.25) is 13.9 Å². The van der Waals surface area contributed by atoms with E-state index in [1.807, 2.05) is 44.2 Å². The van der Waals surface area contributed by atoms with Crippen molar-refractivity contribution in [1.82, 2.24) is 24.6 Å². The molecule has 4 heterocycles. The van der Waals surface area contributed by atoms with Crippen LogP contribution in [-0.4, -0.2) is 79.4 Å². The Morgan fingerprint density at radius 1 is 1.08 bits per heavy atom. The van der Waals surface area contributed by atoms with Crippen molar-refractivity contribution < 1.29 is 42.8 Å². The lowest BCUT2D eigenvalue weighted by Crippen LogP contribution is -2.44. The monoisotopic (exact) mass is 712 g/mol. The molecule has 6 bridgehead atoms. The molecule has 15 nitrogen and oxygen atoms in total. The van der Waals surface area contributed by atoms with Crippen LogP contribution < -0.4 is 20.1 Å². The van der Waals surface area contributed by atoms with E-state index in [0.29, 0.717) is 23.9 Å². The number of hydrogen-bond acceptors (Lipinski definition) is 13. The SMILES string of the molecule is CC(C)CC1NP(=O)(Oc2cccc3ccccc23)OCC2OC(n3cnc4c(nc(N)nc43)OCCCCCCCOC1=O)C(C)(O)C2O. The molecule has 1 fully saturated rings. The van der Waals surface area contributed by atoms with Crippen molar-refractivity contribution in [1.29, 1.82) is 0 Å². The normalized spacial score (nSPS) is 29.0. The van der Waals surface area contributed by atoms with Crippen LogP contribution in [0, 0.1) is 5.92 Å². The second kappa shape index (κ2) is 15.2. The minimum atomic E-state index is -4.41. The van der Waals surface area contributed by atoms with Gasteiger partial charge in [-0.1, -0.05) is 69.5 Å². The number of benzene rings is 2. The first kappa shape index (κ1) is 36.0. The van der Waals surface area contributed by atoms with Crippen LogP contribution in [0.1, 0.15) is 65.5 Å². The van der Waals surface area contributed by atoms with Crippen LogP contribution in [-0.2, 0) is 23.4 Å². The van der Waals surface area contributed by atoms with Crippen LogP contribution in [0.3, 0.4) is 0 Å². The molecule has 6 atom stereocenters. The number of carbonyl (C=O) groups excluding carboxylic acids is 1. The second-order valence-electron chi connectivity index (χ2n) is 13.4. The molecule has 6 rings (SSSR count). The van der Waals surface area contributed by atoms with E-state index >= 15 is 0 Å². The maximum atomic E-state index is 14.7. The number of carbonyl (C=O) groups is 1. The molecule has 6 unspecified atom stereocenters. The van der Waals surface area contributed by atoms with Crippen LogP contribution in [0.5, 0.6) is 11.6 Å². The van der Waals surface area contributed by atoms with Crippen molar-refractivity contribution in [3.8, 4) is 11.6 Å². The lowest BCUT2D eigenvalue weighted by atomic mass is 9.96. The quantitative estimate of drug-likeness (QED) is 0.168. The number of anilines is 1. The number of ether oxygens (including phenoxy) is 3. The van der Waals surface area contributed by atoms with Gasteiger partial charge in [0.2, 0.25) is 11.8 Å². The molecule has 0 aliphatic carbocycles. The number of fused-ring (bicyclic) bond motifs is 4. The van der Waals surface area contributed by atoms with Gasteiger partial charge in [0.15, 0.2) is 17.4 Å². The van der Waals surface area contributed by atoms with E-state index in [2.05, 4.69) is 20.0 Å². The Morgan fingerprint density at radius 2 is 1.80 bits per heavy atom. The molecular weight excluding hydrogens is 667 g/mol. The highest BCUT2D eigenvalue weighted by Gasteiger charge is 2.54. The van der Waals surface area contributed by atoms with E-state index in [4.69, 9.17) is 29.0 Å². The summed E-state index contributed by atoms with van der Waals surface area (Å²) in [6.07, 6.45) is 1.72. The predicted molar refractivity (Wildman–Crippen MR) is 184 cm³/mol. The number of rotatable bonds is 4. The summed E-state index contributed by atoms with van der Waals surface area (Å²) in [4.78, 5) is 26.4. The average molecular weight is 713 g/mol. The van der Waals surface area contributed by atoms with Crippen molar-refractivity contribution in [3.05, 3.63) is 48.8 Å². The molecule has 5 N–H and O–H groups in total. The molecule has 0 amide bonds. The molecule has 2 aliphatic heterocycles. The molecule has 1 saturated heterocycles. The number of cyclic esters (lactones) is 1. The van der Waals surface area contributed by atoms with Gasteiger partial charge in [0, 0.05) is 5.39 Å². The summed E-state index contributed by atoms with van der Waals surface area (Å²) in [6.45, 7) is 5.34. The summed E-state index contributed by atoms with van der Waals surface area (Å²) in [5.41, 5.74) is 4.68. The number of nitrogen functional groups attached to an aromatic ring is 1. The molecular formula is C34H45N6O9P. The fourth-order valence-electron chi connectivity index (χ4n) is 6.26. The first-order valence-electron chi connectivity index (χ1n) is 17.0. The van der Waals surface area contributed by atoms with Gasteiger partial charge < -0.3 is 34.7 Å². The number of esters is 1. The Labute approximate surface area is 290 Å². The van der Waals surface area contributed by atoms with Gasteiger partial charge >= 0.3 is 13.7 Å². The molecule has 270 valence electrons. The van der Waals surface area contributed by atoms with Crippen molar-refractivity contribution in [2.24, 2.45) is 5.92 Å². The summed E-state index contributed by atoms with van der Waals surface area (Å²) in [6, 6.07) is 11.7. The zero-order valence-electron chi connectivity index (χ0n) is 28.4. The van der Waals surface area contributed by atoms with Crippen LogP contribution in [0.2, 0.25) is 0 Å². The van der Waals surface area contributed by atoms with Crippen LogP contribution >= 0.6 is 7.75 Å². The zero-order chi connectivity index (χ0) is 35.5. The number of aromatic nitrogens is 4.